The molecule has 0 spiro atoms. The van der Waals surface area contributed by atoms with Crippen molar-refractivity contribution in [3.05, 3.63) is 58.1 Å². The van der Waals surface area contributed by atoms with Gasteiger partial charge in [-0.1, -0.05) is 15.9 Å². The normalized spacial score (nSPS) is 13.8. The Kier molecular flexibility index (Phi) is 7.66. The van der Waals surface area contributed by atoms with Gasteiger partial charge < -0.3 is 19.7 Å². The number of nitrogens with zero attached hydrogens (tertiary/aromatic N) is 1. The summed E-state index contributed by atoms with van der Waals surface area (Å²) < 4.78 is 11.4. The Morgan fingerprint density at radius 2 is 1.76 bits per heavy atom. The highest BCUT2D eigenvalue weighted by Crippen LogP contribution is 2.25. The van der Waals surface area contributed by atoms with Crippen molar-refractivity contribution < 1.29 is 19.1 Å². The number of benzene rings is 2. The molecular weight excluding hydrogens is 436 g/mol. The summed E-state index contributed by atoms with van der Waals surface area (Å²) in [5.41, 5.74) is 1.67. The summed E-state index contributed by atoms with van der Waals surface area (Å²) in [5.74, 6) is 0.247. The molecule has 29 heavy (non-hydrogen) atoms. The molecule has 154 valence electrons. The van der Waals surface area contributed by atoms with E-state index in [-0.39, 0.29) is 11.8 Å². The maximum absolute atomic E-state index is 12.8. The highest BCUT2D eigenvalue weighted by molar-refractivity contribution is 9.10. The molecule has 3 rings (SSSR count). The van der Waals surface area contributed by atoms with Crippen molar-refractivity contribution in [2.75, 3.05) is 38.7 Å². The van der Waals surface area contributed by atoms with Crippen molar-refractivity contribution in [3.8, 4) is 5.75 Å². The fourth-order valence-corrected chi connectivity index (χ4v) is 3.58. The molecule has 6 nitrogen and oxygen atoms in total. The van der Waals surface area contributed by atoms with Gasteiger partial charge in [-0.25, -0.2) is 0 Å². The van der Waals surface area contributed by atoms with Gasteiger partial charge in [0.05, 0.1) is 12.2 Å². The number of hydrogen-bond acceptors (Lipinski definition) is 4. The largest absolute Gasteiger partial charge is 0.490 e. The number of halogens is 1. The van der Waals surface area contributed by atoms with Crippen LogP contribution in [0.3, 0.4) is 0 Å². The molecule has 0 radical (unpaired) electrons. The predicted molar refractivity (Wildman–Crippen MR) is 116 cm³/mol. The Morgan fingerprint density at radius 3 is 2.45 bits per heavy atom. The molecule has 0 aromatic heterocycles. The van der Waals surface area contributed by atoms with Gasteiger partial charge in [0.15, 0.2) is 0 Å². The summed E-state index contributed by atoms with van der Waals surface area (Å²) >= 11 is 3.39. The number of carbonyl (C=O) groups excluding carboxylic acids is 2. The molecule has 0 bridgehead atoms. The van der Waals surface area contributed by atoms with Gasteiger partial charge in [0, 0.05) is 35.9 Å². The first-order valence-corrected chi connectivity index (χ1v) is 10.5. The van der Waals surface area contributed by atoms with Crippen LogP contribution in [-0.2, 0) is 4.74 Å². The molecule has 0 saturated carbocycles. The van der Waals surface area contributed by atoms with E-state index in [1.54, 1.807) is 43.5 Å². The third-order valence-corrected chi connectivity index (χ3v) is 5.26. The molecule has 1 aliphatic rings. The molecule has 7 heteroatoms. The molecular formula is C22H25BrN2O4. The van der Waals surface area contributed by atoms with E-state index in [9.17, 15) is 9.59 Å². The fourth-order valence-electron chi connectivity index (χ4n) is 3.21. The number of piperidine rings is 1. The maximum atomic E-state index is 12.8. The van der Waals surface area contributed by atoms with Crippen LogP contribution in [0, 0.1) is 0 Å². The Morgan fingerprint density at radius 1 is 1.03 bits per heavy atom. The zero-order valence-electron chi connectivity index (χ0n) is 16.4. The first kappa shape index (κ1) is 21.3. The molecule has 1 aliphatic heterocycles. The first-order chi connectivity index (χ1) is 14.1. The molecule has 1 heterocycles. The van der Waals surface area contributed by atoms with E-state index in [4.69, 9.17) is 9.47 Å². The molecule has 0 unspecified atom stereocenters. The Labute approximate surface area is 179 Å². The number of rotatable bonds is 7. The SMILES string of the molecule is COCCOc1ccc(Br)cc1C(=O)Nc1ccc(C(=O)N2CCCCC2)cc1. The van der Waals surface area contributed by atoms with Crippen molar-refractivity contribution in [1.29, 1.82) is 0 Å². The van der Waals surface area contributed by atoms with E-state index in [0.29, 0.717) is 35.8 Å². The van der Waals surface area contributed by atoms with Crippen molar-refractivity contribution in [2.45, 2.75) is 19.3 Å². The van der Waals surface area contributed by atoms with Crippen molar-refractivity contribution >= 4 is 33.4 Å². The van der Waals surface area contributed by atoms with E-state index in [1.165, 1.54) is 6.42 Å². The minimum Gasteiger partial charge on any atom is -0.490 e. The Hall–Kier alpha value is -2.38. The predicted octanol–water partition coefficient (Wildman–Crippen LogP) is 4.35. The summed E-state index contributed by atoms with van der Waals surface area (Å²) in [4.78, 5) is 27.2. The molecule has 1 saturated heterocycles. The summed E-state index contributed by atoms with van der Waals surface area (Å²) in [6, 6.07) is 12.3. The van der Waals surface area contributed by atoms with Gasteiger partial charge in [0.1, 0.15) is 12.4 Å². The third kappa shape index (κ3) is 5.81. The molecule has 2 amide bonds. The van der Waals surface area contributed by atoms with Crippen LogP contribution in [-0.4, -0.2) is 50.1 Å². The first-order valence-electron chi connectivity index (χ1n) is 9.70. The summed E-state index contributed by atoms with van der Waals surface area (Å²) in [6.45, 7) is 2.41. The molecule has 2 aromatic carbocycles. The highest BCUT2D eigenvalue weighted by atomic mass is 79.9. The molecule has 2 aromatic rings. The number of hydrogen-bond donors (Lipinski definition) is 1. The standard InChI is InChI=1S/C22H25BrN2O4/c1-28-13-14-29-20-10-7-17(23)15-19(20)21(26)24-18-8-5-16(6-9-18)22(27)25-11-3-2-4-12-25/h5-10,15H,2-4,11-14H2,1H3,(H,24,26). The topological polar surface area (TPSA) is 67.9 Å². The zero-order valence-corrected chi connectivity index (χ0v) is 18.0. The van der Waals surface area contributed by atoms with Gasteiger partial charge in [-0.2, -0.15) is 0 Å². The summed E-state index contributed by atoms with van der Waals surface area (Å²) in [6.07, 6.45) is 3.30. The lowest BCUT2D eigenvalue weighted by molar-refractivity contribution is 0.0724. The minimum atomic E-state index is -0.283. The van der Waals surface area contributed by atoms with Gasteiger partial charge in [0.25, 0.3) is 11.8 Å². The van der Waals surface area contributed by atoms with Crippen LogP contribution in [0.5, 0.6) is 5.75 Å². The van der Waals surface area contributed by atoms with E-state index in [0.717, 1.165) is 30.4 Å². The highest BCUT2D eigenvalue weighted by Gasteiger charge is 2.18. The molecule has 1 fully saturated rings. The second kappa shape index (κ2) is 10.4. The minimum absolute atomic E-state index is 0.0448. The van der Waals surface area contributed by atoms with Crippen molar-refractivity contribution in [2.24, 2.45) is 0 Å². The monoisotopic (exact) mass is 460 g/mol. The van der Waals surface area contributed by atoms with E-state index < -0.39 is 0 Å². The van der Waals surface area contributed by atoms with Crippen LogP contribution in [0.1, 0.15) is 40.0 Å². The van der Waals surface area contributed by atoms with Crippen LogP contribution in [0.25, 0.3) is 0 Å². The smallest absolute Gasteiger partial charge is 0.259 e. The van der Waals surface area contributed by atoms with Crippen molar-refractivity contribution in [3.63, 3.8) is 0 Å². The van der Waals surface area contributed by atoms with Crippen LogP contribution >= 0.6 is 15.9 Å². The van der Waals surface area contributed by atoms with Crippen LogP contribution in [0.15, 0.2) is 46.9 Å². The average molecular weight is 461 g/mol. The van der Waals surface area contributed by atoms with Crippen molar-refractivity contribution in [1.82, 2.24) is 4.90 Å². The van der Waals surface area contributed by atoms with E-state index in [1.807, 2.05) is 11.0 Å². The van der Waals surface area contributed by atoms with Gasteiger partial charge >= 0.3 is 0 Å². The van der Waals surface area contributed by atoms with Crippen LogP contribution in [0.4, 0.5) is 5.69 Å². The zero-order chi connectivity index (χ0) is 20.6. The fraction of sp³-hybridized carbons (Fsp3) is 0.364. The van der Waals surface area contributed by atoms with E-state index >= 15 is 0 Å². The van der Waals surface area contributed by atoms with Gasteiger partial charge in [-0.15, -0.1) is 0 Å². The summed E-state index contributed by atoms with van der Waals surface area (Å²) in [5, 5.41) is 2.87. The van der Waals surface area contributed by atoms with Crippen LogP contribution < -0.4 is 10.1 Å². The molecule has 1 N–H and O–H groups in total. The van der Waals surface area contributed by atoms with Gasteiger partial charge in [0.2, 0.25) is 0 Å². The second-order valence-corrected chi connectivity index (χ2v) is 7.78. The number of likely N-dealkylation sites (tertiary alicyclic amines) is 1. The number of anilines is 1. The quantitative estimate of drug-likeness (QED) is 0.623. The lowest BCUT2D eigenvalue weighted by atomic mass is 10.1. The Bertz CT molecular complexity index is 848. The second-order valence-electron chi connectivity index (χ2n) is 6.87. The average Bonchev–Trinajstić information content (AvgIpc) is 2.75. The lowest BCUT2D eigenvalue weighted by Gasteiger charge is -2.26. The van der Waals surface area contributed by atoms with Gasteiger partial charge in [-0.3, -0.25) is 9.59 Å². The number of amides is 2. The van der Waals surface area contributed by atoms with E-state index in [2.05, 4.69) is 21.2 Å². The lowest BCUT2D eigenvalue weighted by Crippen LogP contribution is -2.35. The number of ether oxygens (including phenoxy) is 2. The third-order valence-electron chi connectivity index (χ3n) is 4.76. The molecule has 0 atom stereocenters. The maximum Gasteiger partial charge on any atom is 0.259 e. The number of methoxy groups -OCH3 is 1. The van der Waals surface area contributed by atoms with Crippen LogP contribution in [0.2, 0.25) is 0 Å². The number of nitrogens with one attached hydrogen (secondary N) is 1. The summed E-state index contributed by atoms with van der Waals surface area (Å²) in [7, 11) is 1.60. The Balaban J connectivity index is 1.67. The number of carbonyl (C=O) groups is 2. The molecule has 0 aliphatic carbocycles. The van der Waals surface area contributed by atoms with Gasteiger partial charge in [-0.05, 0) is 61.7 Å².